The molecule has 0 aliphatic carbocycles. The van der Waals surface area contributed by atoms with E-state index in [0.717, 1.165) is 35.2 Å². The highest BCUT2D eigenvalue weighted by atomic mass is 32.1. The van der Waals surface area contributed by atoms with Gasteiger partial charge in [0.25, 0.3) is 0 Å². The second-order valence-corrected chi connectivity index (χ2v) is 8.31. The molecule has 1 aliphatic heterocycles. The van der Waals surface area contributed by atoms with Gasteiger partial charge in [-0.25, -0.2) is 0 Å². The number of nitrogens with zero attached hydrogens (tertiary/aromatic N) is 4. The molecule has 1 atom stereocenters. The number of anilines is 1. The number of benzene rings is 1. The van der Waals surface area contributed by atoms with Gasteiger partial charge in [-0.2, -0.15) is 0 Å². The van der Waals surface area contributed by atoms with E-state index in [1.165, 1.54) is 11.3 Å². The lowest BCUT2D eigenvalue weighted by atomic mass is 9.97. The molecule has 9 heteroatoms. The first kappa shape index (κ1) is 21.2. The number of methoxy groups -OCH3 is 1. The zero-order chi connectivity index (χ0) is 21.6. The second-order valence-electron chi connectivity index (χ2n) is 7.38. The molecular weight excluding hydrogens is 414 g/mol. The number of amides is 1. The largest absolute Gasteiger partial charge is 0.493 e. The fraction of sp³-hybridized carbons (Fsp3) is 0.409. The Balaban J connectivity index is 1.35. The van der Waals surface area contributed by atoms with Crippen LogP contribution >= 0.6 is 11.3 Å². The van der Waals surface area contributed by atoms with Crippen molar-refractivity contribution >= 4 is 22.4 Å². The third kappa shape index (κ3) is 4.99. The van der Waals surface area contributed by atoms with E-state index in [4.69, 9.17) is 9.47 Å². The quantitative estimate of drug-likeness (QED) is 0.578. The van der Waals surface area contributed by atoms with E-state index in [0.29, 0.717) is 31.2 Å². The van der Waals surface area contributed by atoms with Crippen LogP contribution in [0.4, 0.5) is 5.13 Å². The molecule has 1 aromatic carbocycles. The molecular formula is C22H27N5O3S. The molecule has 1 N–H and O–H groups in total. The number of carbonyl (C=O) groups is 1. The van der Waals surface area contributed by atoms with E-state index in [9.17, 15) is 4.79 Å². The fourth-order valence-electron chi connectivity index (χ4n) is 3.70. The number of piperidine rings is 1. The highest BCUT2D eigenvalue weighted by Gasteiger charge is 2.27. The summed E-state index contributed by atoms with van der Waals surface area (Å²) in [5.41, 5.74) is 0.974. The van der Waals surface area contributed by atoms with Crippen molar-refractivity contribution in [3.8, 4) is 16.6 Å². The zero-order valence-corrected chi connectivity index (χ0v) is 18.6. The maximum Gasteiger partial charge on any atom is 0.225 e. The Hall–Kier alpha value is -3.07. The van der Waals surface area contributed by atoms with Gasteiger partial charge in [-0.1, -0.05) is 17.4 Å². The molecule has 1 saturated heterocycles. The summed E-state index contributed by atoms with van der Waals surface area (Å²) in [6.07, 6.45) is 5.73. The zero-order valence-electron chi connectivity index (χ0n) is 17.8. The first-order chi connectivity index (χ1) is 15.2. The maximum atomic E-state index is 12.8. The fourth-order valence-corrected chi connectivity index (χ4v) is 4.55. The summed E-state index contributed by atoms with van der Waals surface area (Å²) < 4.78 is 12.9. The van der Waals surface area contributed by atoms with Gasteiger partial charge in [0.2, 0.25) is 16.2 Å². The van der Waals surface area contributed by atoms with Crippen molar-refractivity contribution in [1.82, 2.24) is 20.1 Å². The Labute approximate surface area is 185 Å². The van der Waals surface area contributed by atoms with Crippen LogP contribution in [0, 0.1) is 5.92 Å². The number of aromatic nitrogens is 3. The van der Waals surface area contributed by atoms with Gasteiger partial charge < -0.3 is 19.7 Å². The van der Waals surface area contributed by atoms with Crippen molar-refractivity contribution in [3.63, 3.8) is 0 Å². The Morgan fingerprint density at radius 3 is 2.81 bits per heavy atom. The van der Waals surface area contributed by atoms with Crippen molar-refractivity contribution in [2.24, 2.45) is 5.92 Å². The number of ether oxygens (including phenoxy) is 2. The van der Waals surface area contributed by atoms with Crippen LogP contribution in [0.25, 0.3) is 5.13 Å². The van der Waals surface area contributed by atoms with Gasteiger partial charge in [0.05, 0.1) is 19.6 Å². The molecule has 164 valence electrons. The van der Waals surface area contributed by atoms with E-state index in [2.05, 4.69) is 20.4 Å². The van der Waals surface area contributed by atoms with Crippen LogP contribution in [0.1, 0.15) is 25.3 Å². The van der Waals surface area contributed by atoms with Gasteiger partial charge in [-0.15, -0.1) is 10.2 Å². The molecule has 0 unspecified atom stereocenters. The predicted octanol–water partition coefficient (Wildman–Crippen LogP) is 3.27. The van der Waals surface area contributed by atoms with Gasteiger partial charge in [0.15, 0.2) is 11.5 Å². The van der Waals surface area contributed by atoms with Crippen molar-refractivity contribution in [3.05, 3.63) is 48.3 Å². The number of hydrogen-bond acceptors (Lipinski definition) is 7. The topological polar surface area (TPSA) is 81.5 Å². The van der Waals surface area contributed by atoms with E-state index in [1.807, 2.05) is 54.2 Å². The van der Waals surface area contributed by atoms with Crippen LogP contribution in [-0.4, -0.2) is 47.5 Å². The van der Waals surface area contributed by atoms with Gasteiger partial charge in [0.1, 0.15) is 0 Å². The van der Waals surface area contributed by atoms with Crippen molar-refractivity contribution in [1.29, 1.82) is 0 Å². The molecule has 4 rings (SSSR count). The lowest BCUT2D eigenvalue weighted by Gasteiger charge is -2.31. The SMILES string of the molecule is CCOc1ccc(CNC(=O)[C@H]2CCCN(c3nnc(-n4cccc4)s3)C2)cc1OC. The number of rotatable bonds is 8. The van der Waals surface area contributed by atoms with Crippen molar-refractivity contribution in [2.75, 3.05) is 31.7 Å². The summed E-state index contributed by atoms with van der Waals surface area (Å²) >= 11 is 1.54. The van der Waals surface area contributed by atoms with E-state index in [1.54, 1.807) is 7.11 Å². The Kier molecular flexibility index (Phi) is 6.71. The van der Waals surface area contributed by atoms with Crippen molar-refractivity contribution < 1.29 is 14.3 Å². The molecule has 0 bridgehead atoms. The van der Waals surface area contributed by atoms with Crippen LogP contribution in [0.2, 0.25) is 0 Å². The number of hydrogen-bond donors (Lipinski definition) is 1. The van der Waals surface area contributed by atoms with Gasteiger partial charge >= 0.3 is 0 Å². The van der Waals surface area contributed by atoms with Crippen LogP contribution in [-0.2, 0) is 11.3 Å². The van der Waals surface area contributed by atoms with Crippen LogP contribution in [0.5, 0.6) is 11.5 Å². The molecule has 3 heterocycles. The molecule has 3 aromatic rings. The highest BCUT2D eigenvalue weighted by molar-refractivity contribution is 7.17. The number of nitrogens with one attached hydrogen (secondary N) is 1. The summed E-state index contributed by atoms with van der Waals surface area (Å²) in [5, 5.41) is 13.4. The molecule has 1 aliphatic rings. The summed E-state index contributed by atoms with van der Waals surface area (Å²) in [6.45, 7) is 4.50. The van der Waals surface area contributed by atoms with Gasteiger partial charge in [0, 0.05) is 32.0 Å². The minimum Gasteiger partial charge on any atom is -0.493 e. The predicted molar refractivity (Wildman–Crippen MR) is 120 cm³/mol. The normalized spacial score (nSPS) is 16.2. The molecule has 1 amide bonds. The van der Waals surface area contributed by atoms with E-state index >= 15 is 0 Å². The van der Waals surface area contributed by atoms with Crippen LogP contribution < -0.4 is 19.7 Å². The van der Waals surface area contributed by atoms with E-state index < -0.39 is 0 Å². The smallest absolute Gasteiger partial charge is 0.225 e. The Morgan fingerprint density at radius 2 is 2.03 bits per heavy atom. The molecule has 0 spiro atoms. The lowest BCUT2D eigenvalue weighted by molar-refractivity contribution is -0.125. The van der Waals surface area contributed by atoms with Crippen molar-refractivity contribution in [2.45, 2.75) is 26.3 Å². The Morgan fingerprint density at radius 1 is 1.23 bits per heavy atom. The standard InChI is InChI=1S/C22H27N5O3S/c1-3-30-18-9-8-16(13-19(18)29-2)14-23-20(28)17-7-6-12-27(15-17)22-25-24-21(31-22)26-10-4-5-11-26/h4-5,8-11,13,17H,3,6-7,12,14-15H2,1-2H3,(H,23,28)/t17-/m0/s1. The van der Waals surface area contributed by atoms with Gasteiger partial charge in [-0.3, -0.25) is 9.36 Å². The average Bonchev–Trinajstić information content (AvgIpc) is 3.50. The Bertz CT molecular complexity index is 1000. The monoisotopic (exact) mass is 441 g/mol. The van der Waals surface area contributed by atoms with Gasteiger partial charge in [-0.05, 0) is 49.6 Å². The average molecular weight is 442 g/mol. The molecule has 0 saturated carbocycles. The third-order valence-electron chi connectivity index (χ3n) is 5.29. The first-order valence-electron chi connectivity index (χ1n) is 10.5. The minimum atomic E-state index is -0.0720. The summed E-state index contributed by atoms with van der Waals surface area (Å²) in [4.78, 5) is 15.0. The summed E-state index contributed by atoms with van der Waals surface area (Å²) in [7, 11) is 1.62. The molecule has 8 nitrogen and oxygen atoms in total. The molecule has 1 fully saturated rings. The number of carbonyl (C=O) groups excluding carboxylic acids is 1. The minimum absolute atomic E-state index is 0.0627. The first-order valence-corrected chi connectivity index (χ1v) is 11.3. The van der Waals surface area contributed by atoms with Crippen LogP contribution in [0.3, 0.4) is 0 Å². The van der Waals surface area contributed by atoms with Crippen LogP contribution in [0.15, 0.2) is 42.7 Å². The van der Waals surface area contributed by atoms with E-state index in [-0.39, 0.29) is 11.8 Å². The maximum absolute atomic E-state index is 12.8. The summed E-state index contributed by atoms with van der Waals surface area (Å²) in [5.74, 6) is 1.37. The molecule has 0 radical (unpaired) electrons. The molecule has 31 heavy (non-hydrogen) atoms. The second kappa shape index (κ2) is 9.82. The highest BCUT2D eigenvalue weighted by Crippen LogP contribution is 2.29. The third-order valence-corrected chi connectivity index (χ3v) is 6.28. The molecule has 2 aromatic heterocycles. The lowest BCUT2D eigenvalue weighted by Crippen LogP contribution is -2.43. The summed E-state index contributed by atoms with van der Waals surface area (Å²) in [6, 6.07) is 9.65.